The van der Waals surface area contributed by atoms with Crippen LogP contribution in [-0.4, -0.2) is 17.2 Å². The van der Waals surface area contributed by atoms with E-state index in [1.165, 1.54) is 21.9 Å². The fraction of sp³-hybridized carbons (Fsp3) is 0. The van der Waals surface area contributed by atoms with Gasteiger partial charge in [-0.15, -0.1) is 0 Å². The first-order chi connectivity index (χ1) is 18.7. The molecule has 0 saturated carbocycles. The van der Waals surface area contributed by atoms with Crippen molar-refractivity contribution in [3.05, 3.63) is 146 Å². The Balaban J connectivity index is 1.38. The molecule has 0 aliphatic carbocycles. The van der Waals surface area contributed by atoms with Gasteiger partial charge in [0.25, 0.3) is 0 Å². The van der Waals surface area contributed by atoms with Crippen molar-refractivity contribution in [3.63, 3.8) is 0 Å². The van der Waals surface area contributed by atoms with Gasteiger partial charge < -0.3 is 14.9 Å². The Hall–Kier alpha value is -4.64. The Morgan fingerprint density at radius 3 is 1.42 bits per heavy atom. The van der Waals surface area contributed by atoms with Crippen molar-refractivity contribution in [1.29, 1.82) is 0 Å². The maximum absolute atomic E-state index is 9.57. The smallest absolute Gasteiger partial charge is 0.423 e. The van der Waals surface area contributed by atoms with Crippen LogP contribution in [0, 0.1) is 0 Å². The van der Waals surface area contributed by atoms with E-state index >= 15 is 0 Å². The summed E-state index contributed by atoms with van der Waals surface area (Å²) in [6.45, 7) is 0. The monoisotopic (exact) mass is 491 g/mol. The van der Waals surface area contributed by atoms with Crippen molar-refractivity contribution in [2.75, 3.05) is 4.90 Å². The molecule has 0 fully saturated rings. The highest BCUT2D eigenvalue weighted by molar-refractivity contribution is 6.58. The van der Waals surface area contributed by atoms with Gasteiger partial charge in [0.2, 0.25) is 0 Å². The lowest BCUT2D eigenvalue weighted by Gasteiger charge is -2.26. The van der Waals surface area contributed by atoms with Crippen LogP contribution < -0.4 is 10.4 Å². The molecule has 0 aliphatic heterocycles. The van der Waals surface area contributed by atoms with Gasteiger partial charge in [0.15, 0.2) is 0 Å². The van der Waals surface area contributed by atoms with Crippen LogP contribution in [0.2, 0.25) is 0 Å². The second-order valence-corrected chi connectivity index (χ2v) is 9.32. The van der Waals surface area contributed by atoms with Gasteiger partial charge in [-0.2, -0.15) is 0 Å². The molecule has 0 bridgehead atoms. The van der Waals surface area contributed by atoms with Crippen molar-refractivity contribution in [2.45, 2.75) is 0 Å². The zero-order valence-corrected chi connectivity index (χ0v) is 20.8. The Labute approximate surface area is 223 Å². The summed E-state index contributed by atoms with van der Waals surface area (Å²) in [6.07, 6.45) is 0. The fourth-order valence-electron chi connectivity index (χ4n) is 4.85. The third-order valence-corrected chi connectivity index (χ3v) is 6.89. The standard InChI is InChI=1S/C34H26BNO2/c37-35(38)31-16-22-34(23-17-31)36(32-18-12-27(13-19-32)25-6-2-1-3-7-25)33-20-14-28(15-21-33)30-11-10-26-8-4-5-9-29(26)24-30/h1-24,37-38H. The van der Waals surface area contributed by atoms with Crippen LogP contribution in [-0.2, 0) is 0 Å². The topological polar surface area (TPSA) is 43.7 Å². The summed E-state index contributed by atoms with van der Waals surface area (Å²) < 4.78 is 0. The van der Waals surface area contributed by atoms with Crippen LogP contribution in [0.4, 0.5) is 17.1 Å². The van der Waals surface area contributed by atoms with E-state index in [1.807, 2.05) is 30.3 Å². The first-order valence-corrected chi connectivity index (χ1v) is 12.7. The Morgan fingerprint density at radius 2 is 0.842 bits per heavy atom. The van der Waals surface area contributed by atoms with Crippen LogP contribution in [0.15, 0.2) is 146 Å². The molecule has 38 heavy (non-hydrogen) atoms. The molecule has 0 aromatic heterocycles. The van der Waals surface area contributed by atoms with Gasteiger partial charge in [0.05, 0.1) is 0 Å². The Morgan fingerprint density at radius 1 is 0.395 bits per heavy atom. The summed E-state index contributed by atoms with van der Waals surface area (Å²) in [6, 6.07) is 49.7. The molecule has 0 atom stereocenters. The van der Waals surface area contributed by atoms with Crippen LogP contribution in [0.1, 0.15) is 0 Å². The van der Waals surface area contributed by atoms with E-state index < -0.39 is 7.12 Å². The maximum Gasteiger partial charge on any atom is 0.488 e. The summed E-state index contributed by atoms with van der Waals surface area (Å²) in [5.74, 6) is 0. The van der Waals surface area contributed by atoms with Gasteiger partial charge in [-0.3, -0.25) is 0 Å². The number of benzene rings is 6. The van der Waals surface area contributed by atoms with E-state index in [-0.39, 0.29) is 0 Å². The van der Waals surface area contributed by atoms with Crippen molar-refractivity contribution in [1.82, 2.24) is 0 Å². The molecule has 182 valence electrons. The first kappa shape index (κ1) is 23.7. The molecule has 0 saturated heterocycles. The molecule has 4 heteroatoms. The summed E-state index contributed by atoms with van der Waals surface area (Å²) in [7, 11) is -1.50. The average Bonchev–Trinajstić information content (AvgIpc) is 2.98. The third-order valence-electron chi connectivity index (χ3n) is 6.89. The van der Waals surface area contributed by atoms with Gasteiger partial charge in [-0.05, 0) is 81.0 Å². The minimum absolute atomic E-state index is 0.458. The van der Waals surface area contributed by atoms with Gasteiger partial charge in [0.1, 0.15) is 0 Å². The van der Waals surface area contributed by atoms with E-state index in [1.54, 1.807) is 12.1 Å². The van der Waals surface area contributed by atoms with Gasteiger partial charge in [-0.1, -0.05) is 103 Å². The molecule has 6 aromatic rings. The van der Waals surface area contributed by atoms with E-state index in [0.29, 0.717) is 5.46 Å². The van der Waals surface area contributed by atoms with Crippen molar-refractivity contribution >= 4 is 40.4 Å². The molecule has 0 aliphatic rings. The largest absolute Gasteiger partial charge is 0.488 e. The van der Waals surface area contributed by atoms with Crippen LogP contribution in [0.25, 0.3) is 33.0 Å². The SMILES string of the molecule is OB(O)c1ccc(N(c2ccc(-c3ccccc3)cc2)c2ccc(-c3ccc4ccccc4c3)cc2)cc1. The zero-order chi connectivity index (χ0) is 25.9. The van der Waals surface area contributed by atoms with Gasteiger partial charge in [-0.25, -0.2) is 0 Å². The second kappa shape index (κ2) is 10.4. The van der Waals surface area contributed by atoms with E-state index in [2.05, 4.69) is 108 Å². The summed E-state index contributed by atoms with van der Waals surface area (Å²) >= 11 is 0. The van der Waals surface area contributed by atoms with Gasteiger partial charge >= 0.3 is 7.12 Å². The summed E-state index contributed by atoms with van der Waals surface area (Å²) in [4.78, 5) is 2.17. The highest BCUT2D eigenvalue weighted by Crippen LogP contribution is 2.36. The quantitative estimate of drug-likeness (QED) is 0.240. The molecule has 0 unspecified atom stereocenters. The van der Waals surface area contributed by atoms with E-state index in [9.17, 15) is 10.0 Å². The zero-order valence-electron chi connectivity index (χ0n) is 20.8. The van der Waals surface area contributed by atoms with Crippen molar-refractivity contribution in [2.24, 2.45) is 0 Å². The number of nitrogens with zero attached hydrogens (tertiary/aromatic N) is 1. The number of fused-ring (bicyclic) bond motifs is 1. The van der Waals surface area contributed by atoms with Gasteiger partial charge in [0, 0.05) is 17.1 Å². The highest BCUT2D eigenvalue weighted by atomic mass is 16.4. The molecule has 3 nitrogen and oxygen atoms in total. The van der Waals surface area contributed by atoms with Crippen molar-refractivity contribution < 1.29 is 10.0 Å². The molecule has 6 rings (SSSR count). The Bertz CT molecular complexity index is 1660. The predicted molar refractivity (Wildman–Crippen MR) is 159 cm³/mol. The predicted octanol–water partition coefficient (Wildman–Crippen LogP) is 7.32. The first-order valence-electron chi connectivity index (χ1n) is 12.7. The van der Waals surface area contributed by atoms with Crippen LogP contribution >= 0.6 is 0 Å². The van der Waals surface area contributed by atoms with E-state index in [0.717, 1.165) is 28.2 Å². The molecule has 0 spiro atoms. The number of hydrogen-bond acceptors (Lipinski definition) is 3. The minimum atomic E-state index is -1.50. The number of anilines is 3. The lowest BCUT2D eigenvalue weighted by atomic mass is 9.80. The molecule has 6 aromatic carbocycles. The minimum Gasteiger partial charge on any atom is -0.423 e. The molecule has 2 N–H and O–H groups in total. The van der Waals surface area contributed by atoms with E-state index in [4.69, 9.17) is 0 Å². The summed E-state index contributed by atoms with van der Waals surface area (Å²) in [5.41, 5.74) is 8.07. The highest BCUT2D eigenvalue weighted by Gasteiger charge is 2.16. The lowest BCUT2D eigenvalue weighted by Crippen LogP contribution is -2.29. The second-order valence-electron chi connectivity index (χ2n) is 9.32. The normalized spacial score (nSPS) is 10.9. The Kier molecular flexibility index (Phi) is 6.49. The number of hydrogen-bond donors (Lipinski definition) is 2. The maximum atomic E-state index is 9.57. The molecule has 0 amide bonds. The fourth-order valence-corrected chi connectivity index (χ4v) is 4.85. The van der Waals surface area contributed by atoms with Crippen LogP contribution in [0.3, 0.4) is 0 Å². The van der Waals surface area contributed by atoms with Crippen molar-refractivity contribution in [3.8, 4) is 22.3 Å². The average molecular weight is 491 g/mol. The molecular weight excluding hydrogens is 465 g/mol. The number of rotatable bonds is 6. The molecular formula is C34H26BNO2. The lowest BCUT2D eigenvalue weighted by molar-refractivity contribution is 0.426. The third kappa shape index (κ3) is 4.83. The van der Waals surface area contributed by atoms with Crippen LogP contribution in [0.5, 0.6) is 0 Å². The summed E-state index contributed by atoms with van der Waals surface area (Å²) in [5, 5.41) is 21.6. The molecule has 0 heterocycles. The molecule has 0 radical (unpaired) electrons.